The molecule has 68 valence electrons. The van der Waals surface area contributed by atoms with Gasteiger partial charge in [-0.05, 0) is 6.92 Å². The van der Waals surface area contributed by atoms with Gasteiger partial charge in [-0.1, -0.05) is 0 Å². The molecule has 0 radical (unpaired) electrons. The van der Waals surface area contributed by atoms with E-state index in [2.05, 4.69) is 5.32 Å². The number of esters is 1. The molecule has 0 aromatic carbocycles. The highest BCUT2D eigenvalue weighted by Crippen LogP contribution is 2.15. The highest BCUT2D eigenvalue weighted by molar-refractivity contribution is 8.01. The number of rotatable bonds is 2. The summed E-state index contributed by atoms with van der Waals surface area (Å²) >= 11 is 1.33. The highest BCUT2D eigenvalue weighted by atomic mass is 32.2. The zero-order chi connectivity index (χ0) is 8.97. The van der Waals surface area contributed by atoms with Gasteiger partial charge in [-0.15, -0.1) is 11.8 Å². The van der Waals surface area contributed by atoms with Gasteiger partial charge in [0.05, 0.1) is 6.61 Å². The van der Waals surface area contributed by atoms with Crippen LogP contribution in [0.5, 0.6) is 0 Å². The summed E-state index contributed by atoms with van der Waals surface area (Å²) in [7, 11) is 0. The van der Waals surface area contributed by atoms with E-state index in [0.717, 1.165) is 5.75 Å². The molecule has 1 N–H and O–H groups in total. The summed E-state index contributed by atoms with van der Waals surface area (Å²) in [5.41, 5.74) is 0. The molecule has 1 fully saturated rings. The van der Waals surface area contributed by atoms with E-state index in [9.17, 15) is 9.59 Å². The fraction of sp³-hybridized carbons (Fsp3) is 0.714. The normalized spacial score (nSPS) is 23.1. The van der Waals surface area contributed by atoms with Crippen molar-refractivity contribution in [2.45, 2.75) is 12.2 Å². The fourth-order valence-electron chi connectivity index (χ4n) is 0.912. The second kappa shape index (κ2) is 4.35. The van der Waals surface area contributed by atoms with Crippen molar-refractivity contribution in [3.05, 3.63) is 0 Å². The Balaban J connectivity index is 2.48. The van der Waals surface area contributed by atoms with Crippen molar-refractivity contribution < 1.29 is 14.3 Å². The fourth-order valence-corrected chi connectivity index (χ4v) is 1.81. The molecule has 1 aliphatic heterocycles. The topological polar surface area (TPSA) is 55.4 Å². The lowest BCUT2D eigenvalue weighted by molar-refractivity contribution is -0.145. The standard InChI is InChI=1S/C7H11NO3S/c1-2-11-7(10)5-6(9)8-3-4-12-5/h5H,2-4H2,1H3,(H,8,9)/t5-/m1/s1. The maximum atomic E-state index is 11.1. The number of ether oxygens (including phenoxy) is 1. The summed E-state index contributed by atoms with van der Waals surface area (Å²) in [6.07, 6.45) is 0. The summed E-state index contributed by atoms with van der Waals surface area (Å²) in [4.78, 5) is 22.2. The Morgan fingerprint density at radius 3 is 3.17 bits per heavy atom. The Morgan fingerprint density at radius 2 is 2.58 bits per heavy atom. The van der Waals surface area contributed by atoms with Gasteiger partial charge in [0.15, 0.2) is 5.25 Å². The zero-order valence-corrected chi connectivity index (χ0v) is 7.65. The molecule has 0 unspecified atom stereocenters. The summed E-state index contributed by atoms with van der Waals surface area (Å²) < 4.78 is 4.73. The van der Waals surface area contributed by atoms with Crippen LogP contribution in [0.1, 0.15) is 6.92 Å². The smallest absolute Gasteiger partial charge is 0.328 e. The second-order valence-electron chi connectivity index (χ2n) is 2.29. The molecule has 1 saturated heterocycles. The van der Waals surface area contributed by atoms with Crippen molar-refractivity contribution in [1.82, 2.24) is 5.32 Å². The number of nitrogens with one attached hydrogen (secondary N) is 1. The van der Waals surface area contributed by atoms with Crippen molar-refractivity contribution in [3.63, 3.8) is 0 Å². The minimum Gasteiger partial charge on any atom is -0.465 e. The Morgan fingerprint density at radius 1 is 1.83 bits per heavy atom. The first-order chi connectivity index (χ1) is 5.75. The molecule has 0 bridgehead atoms. The Bertz CT molecular complexity index is 195. The number of hydrogen-bond acceptors (Lipinski definition) is 4. The Labute approximate surface area is 75.0 Å². The lowest BCUT2D eigenvalue weighted by Gasteiger charge is -2.19. The average Bonchev–Trinajstić information content (AvgIpc) is 2.05. The van der Waals surface area contributed by atoms with E-state index in [4.69, 9.17) is 4.74 Å². The van der Waals surface area contributed by atoms with Crippen molar-refractivity contribution in [1.29, 1.82) is 0 Å². The predicted octanol–water partition coefficient (Wildman–Crippen LogP) is -0.219. The number of hydrogen-bond donors (Lipinski definition) is 1. The third-order valence-corrected chi connectivity index (χ3v) is 2.60. The molecule has 12 heavy (non-hydrogen) atoms. The van der Waals surface area contributed by atoms with Crippen LogP contribution in [0.4, 0.5) is 0 Å². The van der Waals surface area contributed by atoms with Crippen LogP contribution in [0.2, 0.25) is 0 Å². The Kier molecular flexibility index (Phi) is 3.40. The Hall–Kier alpha value is -0.710. The molecule has 0 saturated carbocycles. The number of carbonyl (C=O) groups is 2. The van der Waals surface area contributed by atoms with E-state index >= 15 is 0 Å². The minimum atomic E-state index is -0.654. The van der Waals surface area contributed by atoms with Gasteiger partial charge < -0.3 is 10.1 Å². The van der Waals surface area contributed by atoms with E-state index < -0.39 is 11.2 Å². The van der Waals surface area contributed by atoms with Crippen LogP contribution in [0.15, 0.2) is 0 Å². The second-order valence-corrected chi connectivity index (χ2v) is 3.51. The van der Waals surface area contributed by atoms with E-state index in [1.807, 2.05) is 0 Å². The lowest BCUT2D eigenvalue weighted by atomic mass is 10.4. The molecule has 0 aromatic rings. The predicted molar refractivity (Wildman–Crippen MR) is 45.9 cm³/mol. The van der Waals surface area contributed by atoms with Gasteiger partial charge in [0, 0.05) is 12.3 Å². The van der Waals surface area contributed by atoms with Gasteiger partial charge in [-0.25, -0.2) is 0 Å². The lowest BCUT2D eigenvalue weighted by Crippen LogP contribution is -2.44. The van der Waals surface area contributed by atoms with Gasteiger partial charge in [0.2, 0.25) is 5.91 Å². The molecular formula is C7H11NO3S. The van der Waals surface area contributed by atoms with Crippen LogP contribution in [0.3, 0.4) is 0 Å². The summed E-state index contributed by atoms with van der Waals surface area (Å²) in [6, 6.07) is 0. The first-order valence-corrected chi connectivity index (χ1v) is 4.86. The van der Waals surface area contributed by atoms with Gasteiger partial charge in [0.1, 0.15) is 0 Å². The maximum absolute atomic E-state index is 11.1. The SMILES string of the molecule is CCOC(=O)[C@@H]1SCCNC1=O. The average molecular weight is 189 g/mol. The third kappa shape index (κ3) is 2.14. The number of amides is 1. The van der Waals surface area contributed by atoms with Crippen LogP contribution in [0.25, 0.3) is 0 Å². The van der Waals surface area contributed by atoms with Crippen LogP contribution in [0, 0.1) is 0 Å². The molecular weight excluding hydrogens is 178 g/mol. The van der Waals surface area contributed by atoms with Crippen molar-refractivity contribution >= 4 is 23.6 Å². The zero-order valence-electron chi connectivity index (χ0n) is 6.83. The third-order valence-electron chi connectivity index (χ3n) is 1.42. The van der Waals surface area contributed by atoms with Gasteiger partial charge >= 0.3 is 5.97 Å². The number of carbonyl (C=O) groups excluding carboxylic acids is 2. The summed E-state index contributed by atoms with van der Waals surface area (Å²) in [5, 5.41) is 1.96. The van der Waals surface area contributed by atoms with E-state index in [-0.39, 0.29) is 5.91 Å². The molecule has 1 rings (SSSR count). The molecule has 1 heterocycles. The summed E-state index contributed by atoms with van der Waals surface area (Å²) in [6.45, 7) is 2.69. The quantitative estimate of drug-likeness (QED) is 0.482. The molecule has 0 spiro atoms. The molecule has 1 aliphatic rings. The largest absolute Gasteiger partial charge is 0.465 e. The van der Waals surface area contributed by atoms with Gasteiger partial charge in [0.25, 0.3) is 0 Å². The van der Waals surface area contributed by atoms with Crippen molar-refractivity contribution in [2.24, 2.45) is 0 Å². The molecule has 4 nitrogen and oxygen atoms in total. The molecule has 5 heteroatoms. The van der Waals surface area contributed by atoms with Crippen molar-refractivity contribution in [2.75, 3.05) is 18.9 Å². The molecule has 0 aromatic heterocycles. The van der Waals surface area contributed by atoms with E-state index in [1.54, 1.807) is 6.92 Å². The van der Waals surface area contributed by atoms with Gasteiger partial charge in [-0.2, -0.15) is 0 Å². The van der Waals surface area contributed by atoms with E-state index in [1.165, 1.54) is 11.8 Å². The first kappa shape index (κ1) is 9.38. The minimum absolute atomic E-state index is 0.232. The van der Waals surface area contributed by atoms with Gasteiger partial charge in [-0.3, -0.25) is 9.59 Å². The van der Waals surface area contributed by atoms with Crippen LogP contribution >= 0.6 is 11.8 Å². The molecule has 1 atom stereocenters. The molecule has 0 aliphatic carbocycles. The van der Waals surface area contributed by atoms with E-state index in [0.29, 0.717) is 13.2 Å². The number of thioether (sulfide) groups is 1. The monoisotopic (exact) mass is 189 g/mol. The maximum Gasteiger partial charge on any atom is 0.328 e. The van der Waals surface area contributed by atoms with Crippen LogP contribution in [-0.2, 0) is 14.3 Å². The van der Waals surface area contributed by atoms with Crippen LogP contribution < -0.4 is 5.32 Å². The summed E-state index contributed by atoms with van der Waals surface area (Å²) in [5.74, 6) is 0.110. The highest BCUT2D eigenvalue weighted by Gasteiger charge is 2.30. The molecule has 1 amide bonds. The van der Waals surface area contributed by atoms with Crippen molar-refractivity contribution in [3.8, 4) is 0 Å². The van der Waals surface area contributed by atoms with Crippen LogP contribution in [-0.4, -0.2) is 36.0 Å². The first-order valence-electron chi connectivity index (χ1n) is 3.81.